The summed E-state index contributed by atoms with van der Waals surface area (Å²) in [7, 11) is 0. The summed E-state index contributed by atoms with van der Waals surface area (Å²) in [6.45, 7) is 10.4. The van der Waals surface area contributed by atoms with E-state index in [1.807, 2.05) is 13.8 Å². The summed E-state index contributed by atoms with van der Waals surface area (Å²) in [5.41, 5.74) is 6.61. The van der Waals surface area contributed by atoms with E-state index in [9.17, 15) is 0 Å². The molecule has 11 heavy (non-hydrogen) atoms. The van der Waals surface area contributed by atoms with Crippen molar-refractivity contribution in [1.82, 2.24) is 0 Å². The van der Waals surface area contributed by atoms with E-state index in [1.54, 1.807) is 0 Å². The Balaban J connectivity index is 0. The van der Waals surface area contributed by atoms with Gasteiger partial charge >= 0.3 is 0 Å². The highest BCUT2D eigenvalue weighted by Crippen LogP contribution is 1.97. The summed E-state index contributed by atoms with van der Waals surface area (Å²) in [6.07, 6.45) is 4.65. The molecule has 0 aromatic carbocycles. The first-order valence-electron chi connectivity index (χ1n) is 4.45. The van der Waals surface area contributed by atoms with E-state index in [0.717, 1.165) is 0 Å². The highest BCUT2D eigenvalue weighted by atomic mass is 14.6. The predicted molar refractivity (Wildman–Crippen MR) is 53.7 cm³/mol. The zero-order valence-electron chi connectivity index (χ0n) is 8.65. The summed E-state index contributed by atoms with van der Waals surface area (Å²) in [4.78, 5) is 0. The second kappa shape index (κ2) is 9.70. The molecule has 0 bridgehead atoms. The van der Waals surface area contributed by atoms with Crippen LogP contribution in [0.2, 0.25) is 0 Å². The van der Waals surface area contributed by atoms with Crippen molar-refractivity contribution in [3.63, 3.8) is 0 Å². The molecule has 0 aliphatic carbocycles. The van der Waals surface area contributed by atoms with E-state index in [-0.39, 0.29) is 0 Å². The topological polar surface area (TPSA) is 26.0 Å². The lowest BCUT2D eigenvalue weighted by Gasteiger charge is -1.88. The molecule has 0 heterocycles. The second-order valence-electron chi connectivity index (χ2n) is 3.06. The molecule has 2 N–H and O–H groups in total. The van der Waals surface area contributed by atoms with E-state index in [0.29, 0.717) is 6.04 Å². The number of hydrogen-bond acceptors (Lipinski definition) is 1. The molecule has 0 atom stereocenters. The summed E-state index contributed by atoms with van der Waals surface area (Å²) >= 11 is 0. The molecular formula is C10H23N. The highest BCUT2D eigenvalue weighted by Gasteiger charge is 1.76. The van der Waals surface area contributed by atoms with Gasteiger partial charge in [0.2, 0.25) is 0 Å². The summed E-state index contributed by atoms with van der Waals surface area (Å²) < 4.78 is 0. The number of allylic oxidation sites excluding steroid dienone is 2. The first kappa shape index (κ1) is 13.3. The van der Waals surface area contributed by atoms with Crippen LogP contribution in [0.1, 0.15) is 47.5 Å². The molecule has 0 aliphatic heterocycles. The van der Waals surface area contributed by atoms with E-state index < -0.39 is 0 Å². The molecule has 0 fully saturated rings. The van der Waals surface area contributed by atoms with Gasteiger partial charge in [-0.1, -0.05) is 39.3 Å². The van der Waals surface area contributed by atoms with Gasteiger partial charge in [-0.25, -0.2) is 0 Å². The largest absolute Gasteiger partial charge is 0.328 e. The standard InChI is InChI=1S/C7H14.C3H9N/c1-4-6-7(3)5-2;1-3(2)4/h6H,4-5H2,1-3H3;3H,4H2,1-2H3/b7-6-;. The van der Waals surface area contributed by atoms with Crippen LogP contribution in [-0.2, 0) is 0 Å². The van der Waals surface area contributed by atoms with Crippen LogP contribution in [-0.4, -0.2) is 6.04 Å². The highest BCUT2D eigenvalue weighted by molar-refractivity contribution is 4.95. The molecule has 0 unspecified atom stereocenters. The minimum Gasteiger partial charge on any atom is -0.328 e. The average Bonchev–Trinajstić information content (AvgIpc) is 1.87. The minimum atomic E-state index is 0.333. The number of hydrogen-bond donors (Lipinski definition) is 1. The molecule has 0 aromatic heterocycles. The van der Waals surface area contributed by atoms with Gasteiger partial charge in [0.1, 0.15) is 0 Å². The first-order valence-corrected chi connectivity index (χ1v) is 4.45. The van der Waals surface area contributed by atoms with Gasteiger partial charge in [0.25, 0.3) is 0 Å². The van der Waals surface area contributed by atoms with Gasteiger partial charge in [-0.2, -0.15) is 0 Å². The van der Waals surface area contributed by atoms with Gasteiger partial charge in [-0.15, -0.1) is 0 Å². The van der Waals surface area contributed by atoms with Gasteiger partial charge < -0.3 is 5.73 Å². The molecule has 0 saturated heterocycles. The zero-order chi connectivity index (χ0) is 9.28. The summed E-state index contributed by atoms with van der Waals surface area (Å²) in [5.74, 6) is 0. The lowest BCUT2D eigenvalue weighted by atomic mass is 10.2. The van der Waals surface area contributed by atoms with Crippen LogP contribution in [0.3, 0.4) is 0 Å². The van der Waals surface area contributed by atoms with Gasteiger partial charge in [-0.3, -0.25) is 0 Å². The van der Waals surface area contributed by atoms with Crippen molar-refractivity contribution in [2.45, 2.75) is 53.5 Å². The summed E-state index contributed by atoms with van der Waals surface area (Å²) in [6, 6.07) is 0.333. The molecule has 0 aromatic rings. The zero-order valence-corrected chi connectivity index (χ0v) is 8.65. The fourth-order valence-corrected chi connectivity index (χ4v) is 0.493. The van der Waals surface area contributed by atoms with Crippen molar-refractivity contribution in [2.75, 3.05) is 0 Å². The molecule has 1 nitrogen and oxygen atoms in total. The first-order chi connectivity index (χ1) is 5.04. The van der Waals surface area contributed by atoms with E-state index in [2.05, 4.69) is 26.8 Å². The maximum atomic E-state index is 5.11. The van der Waals surface area contributed by atoms with Crippen molar-refractivity contribution >= 4 is 0 Å². The Hall–Kier alpha value is -0.300. The van der Waals surface area contributed by atoms with Gasteiger partial charge in [0.15, 0.2) is 0 Å². The van der Waals surface area contributed by atoms with Gasteiger partial charge in [0, 0.05) is 0 Å². The predicted octanol–water partition coefficient (Wildman–Crippen LogP) is 3.11. The number of nitrogens with two attached hydrogens (primary N) is 1. The maximum absolute atomic E-state index is 5.11. The maximum Gasteiger partial charge on any atom is -0.00179 e. The second-order valence-corrected chi connectivity index (χ2v) is 3.06. The fraction of sp³-hybridized carbons (Fsp3) is 0.800. The third-order valence-electron chi connectivity index (χ3n) is 1.11. The van der Waals surface area contributed by atoms with Crippen molar-refractivity contribution in [3.8, 4) is 0 Å². The fourth-order valence-electron chi connectivity index (χ4n) is 0.493. The van der Waals surface area contributed by atoms with Crippen LogP contribution in [0.4, 0.5) is 0 Å². The molecule has 68 valence electrons. The summed E-state index contributed by atoms with van der Waals surface area (Å²) in [5, 5.41) is 0. The lowest BCUT2D eigenvalue weighted by Crippen LogP contribution is -2.06. The average molecular weight is 157 g/mol. The van der Waals surface area contributed by atoms with Crippen molar-refractivity contribution < 1.29 is 0 Å². The van der Waals surface area contributed by atoms with Crippen molar-refractivity contribution in [2.24, 2.45) is 5.73 Å². The molecule has 1 heteroatoms. The Morgan fingerprint density at radius 1 is 1.36 bits per heavy atom. The molecule has 0 aliphatic rings. The Morgan fingerprint density at radius 2 is 1.73 bits per heavy atom. The molecule has 0 saturated carbocycles. The van der Waals surface area contributed by atoms with Crippen molar-refractivity contribution in [3.05, 3.63) is 11.6 Å². The Kier molecular flexibility index (Phi) is 11.7. The Bertz CT molecular complexity index is 90.3. The van der Waals surface area contributed by atoms with E-state index >= 15 is 0 Å². The molecule has 0 amide bonds. The van der Waals surface area contributed by atoms with Crippen LogP contribution in [0.15, 0.2) is 11.6 Å². The van der Waals surface area contributed by atoms with Crippen LogP contribution < -0.4 is 5.73 Å². The lowest BCUT2D eigenvalue weighted by molar-refractivity contribution is 0.834. The Labute approximate surface area is 71.7 Å². The van der Waals surface area contributed by atoms with Crippen LogP contribution in [0.25, 0.3) is 0 Å². The van der Waals surface area contributed by atoms with Crippen LogP contribution >= 0.6 is 0 Å². The molecule has 0 radical (unpaired) electrons. The van der Waals surface area contributed by atoms with Crippen LogP contribution in [0.5, 0.6) is 0 Å². The molecule has 0 rings (SSSR count). The Morgan fingerprint density at radius 3 is 1.82 bits per heavy atom. The van der Waals surface area contributed by atoms with E-state index in [4.69, 9.17) is 5.73 Å². The third-order valence-corrected chi connectivity index (χ3v) is 1.11. The minimum absolute atomic E-state index is 0.333. The normalized spacial score (nSPS) is 11.0. The SMILES string of the molecule is CC(C)N.CC/C=C(/C)CC. The number of rotatable bonds is 2. The van der Waals surface area contributed by atoms with Gasteiger partial charge in [-0.05, 0) is 25.8 Å². The molecule has 0 spiro atoms. The smallest absolute Gasteiger partial charge is 0.00179 e. The van der Waals surface area contributed by atoms with Crippen molar-refractivity contribution in [1.29, 1.82) is 0 Å². The third kappa shape index (κ3) is 26.0. The molecular weight excluding hydrogens is 134 g/mol. The van der Waals surface area contributed by atoms with Crippen LogP contribution in [0, 0.1) is 0 Å². The monoisotopic (exact) mass is 157 g/mol. The quantitative estimate of drug-likeness (QED) is 0.612. The van der Waals surface area contributed by atoms with Gasteiger partial charge in [0.05, 0.1) is 0 Å². The van der Waals surface area contributed by atoms with E-state index in [1.165, 1.54) is 18.4 Å².